The van der Waals surface area contributed by atoms with Crippen molar-refractivity contribution in [2.24, 2.45) is 5.14 Å². The summed E-state index contributed by atoms with van der Waals surface area (Å²) in [7, 11) is -3.36. The van der Waals surface area contributed by atoms with Gasteiger partial charge >= 0.3 is 0 Å². The molecule has 0 fully saturated rings. The third-order valence-electron chi connectivity index (χ3n) is 3.18. The van der Waals surface area contributed by atoms with Crippen LogP contribution in [0.1, 0.15) is 18.4 Å². The first-order valence-electron chi connectivity index (χ1n) is 6.24. The molecule has 2 aromatic rings. The minimum Gasteiger partial charge on any atom is -0.398 e. The minimum absolute atomic E-state index is 0.0255. The van der Waals surface area contributed by atoms with Crippen LogP contribution >= 0.6 is 0 Å². The van der Waals surface area contributed by atoms with Gasteiger partial charge in [0.2, 0.25) is 10.0 Å². The van der Waals surface area contributed by atoms with Gasteiger partial charge in [0, 0.05) is 5.69 Å². The van der Waals surface area contributed by atoms with E-state index >= 15 is 0 Å². The number of primary sulfonamides is 1. The van der Waals surface area contributed by atoms with E-state index in [4.69, 9.17) is 10.9 Å². The molecule has 2 rings (SSSR count). The number of benzene rings is 2. The summed E-state index contributed by atoms with van der Waals surface area (Å²) >= 11 is 0. The summed E-state index contributed by atoms with van der Waals surface area (Å²) in [6.07, 6.45) is 2.08. The first-order chi connectivity index (χ1) is 8.97. The molecule has 0 amide bonds. The molecule has 0 saturated carbocycles. The summed E-state index contributed by atoms with van der Waals surface area (Å²) in [5.74, 6) is 0.0255. The van der Waals surface area contributed by atoms with E-state index in [1.54, 1.807) is 0 Å². The third kappa shape index (κ3) is 3.68. The number of nitrogen functional groups attached to an aromatic ring is 1. The Bertz CT molecular complexity index is 681. The number of hydrogen-bond acceptors (Lipinski definition) is 3. The quantitative estimate of drug-likeness (QED) is 0.648. The zero-order valence-electron chi connectivity index (χ0n) is 10.7. The number of nitrogens with two attached hydrogens (primary N) is 2. The summed E-state index contributed by atoms with van der Waals surface area (Å²) in [4.78, 5) is 0. The highest BCUT2D eigenvalue weighted by Crippen LogP contribution is 2.25. The molecule has 0 heterocycles. The molecule has 19 heavy (non-hydrogen) atoms. The zero-order valence-corrected chi connectivity index (χ0v) is 11.5. The fourth-order valence-electron chi connectivity index (χ4n) is 2.24. The molecular weight excluding hydrogens is 260 g/mol. The second-order valence-corrected chi connectivity index (χ2v) is 6.41. The number of hydrogen-bond donors (Lipinski definition) is 2. The number of aryl methyl sites for hydroxylation is 1. The number of fused-ring (bicyclic) bond motifs is 1. The van der Waals surface area contributed by atoms with E-state index in [0.717, 1.165) is 34.9 Å². The average Bonchev–Trinajstić information content (AvgIpc) is 2.35. The molecule has 0 saturated heterocycles. The van der Waals surface area contributed by atoms with Gasteiger partial charge in [0.15, 0.2) is 0 Å². The van der Waals surface area contributed by atoms with Crippen molar-refractivity contribution in [3.63, 3.8) is 0 Å². The maximum Gasteiger partial charge on any atom is 0.209 e. The molecule has 0 spiro atoms. The van der Waals surface area contributed by atoms with Crippen molar-refractivity contribution in [2.75, 3.05) is 11.5 Å². The predicted molar refractivity (Wildman–Crippen MR) is 79.3 cm³/mol. The summed E-state index contributed by atoms with van der Waals surface area (Å²) in [5, 5.41) is 7.27. The largest absolute Gasteiger partial charge is 0.398 e. The van der Waals surface area contributed by atoms with Gasteiger partial charge in [-0.05, 0) is 41.7 Å². The van der Waals surface area contributed by atoms with Crippen molar-refractivity contribution >= 4 is 26.5 Å². The molecule has 0 atom stereocenters. The van der Waals surface area contributed by atoms with Crippen LogP contribution in [-0.4, -0.2) is 14.2 Å². The van der Waals surface area contributed by atoms with Gasteiger partial charge < -0.3 is 5.73 Å². The standard InChI is InChI=1S/C14H18N2O2S/c15-14-9-8-11-5-1-2-6-12(11)13(14)7-3-4-10-19(16,17)18/h1-2,5-6,8-9H,3-4,7,10,15H2,(H2,16,17,18). The van der Waals surface area contributed by atoms with Gasteiger partial charge in [-0.15, -0.1) is 0 Å². The number of unbranched alkanes of at least 4 members (excludes halogenated alkanes) is 1. The Balaban J connectivity index is 2.14. The highest BCUT2D eigenvalue weighted by atomic mass is 32.2. The minimum atomic E-state index is -3.36. The van der Waals surface area contributed by atoms with E-state index in [2.05, 4.69) is 0 Å². The second-order valence-electron chi connectivity index (χ2n) is 4.68. The lowest BCUT2D eigenvalue weighted by Gasteiger charge is -2.09. The van der Waals surface area contributed by atoms with Crippen LogP contribution in [0.25, 0.3) is 10.8 Å². The molecule has 4 N–H and O–H groups in total. The second kappa shape index (κ2) is 5.59. The van der Waals surface area contributed by atoms with Crippen molar-refractivity contribution in [1.29, 1.82) is 0 Å². The van der Waals surface area contributed by atoms with E-state index in [1.807, 2.05) is 36.4 Å². The van der Waals surface area contributed by atoms with Crippen molar-refractivity contribution in [3.8, 4) is 0 Å². The molecule has 5 heteroatoms. The number of anilines is 1. The number of rotatable bonds is 5. The van der Waals surface area contributed by atoms with E-state index < -0.39 is 10.0 Å². The Kier molecular flexibility index (Phi) is 4.07. The topological polar surface area (TPSA) is 86.2 Å². The maximum absolute atomic E-state index is 10.9. The Morgan fingerprint density at radius 2 is 1.74 bits per heavy atom. The fraction of sp³-hybridized carbons (Fsp3) is 0.286. The van der Waals surface area contributed by atoms with Crippen LogP contribution in [-0.2, 0) is 16.4 Å². The number of sulfonamides is 1. The predicted octanol–water partition coefficient (Wildman–Crippen LogP) is 2.03. The van der Waals surface area contributed by atoms with Gasteiger partial charge in [-0.1, -0.05) is 30.3 Å². The zero-order chi connectivity index (χ0) is 13.9. The molecule has 102 valence electrons. The average molecular weight is 278 g/mol. The summed E-state index contributed by atoms with van der Waals surface area (Å²) in [6.45, 7) is 0. The SMILES string of the molecule is Nc1ccc2ccccc2c1CCCCS(N)(=O)=O. The van der Waals surface area contributed by atoms with Crippen molar-refractivity contribution in [1.82, 2.24) is 0 Å². The Labute approximate surface area is 113 Å². The fourth-order valence-corrected chi connectivity index (χ4v) is 2.84. The van der Waals surface area contributed by atoms with Crippen LogP contribution in [0, 0.1) is 0 Å². The maximum atomic E-state index is 10.9. The molecule has 2 aromatic carbocycles. The Morgan fingerprint density at radius 3 is 2.47 bits per heavy atom. The molecule has 0 aliphatic rings. The lowest BCUT2D eigenvalue weighted by atomic mass is 9.98. The highest BCUT2D eigenvalue weighted by Gasteiger charge is 2.07. The first kappa shape index (κ1) is 13.8. The van der Waals surface area contributed by atoms with Gasteiger partial charge in [0.05, 0.1) is 5.75 Å². The van der Waals surface area contributed by atoms with Crippen LogP contribution in [0.5, 0.6) is 0 Å². The lowest BCUT2D eigenvalue weighted by Crippen LogP contribution is -2.16. The van der Waals surface area contributed by atoms with Crippen LogP contribution < -0.4 is 10.9 Å². The van der Waals surface area contributed by atoms with Gasteiger partial charge in [0.1, 0.15) is 0 Å². The van der Waals surface area contributed by atoms with Crippen molar-refractivity contribution in [2.45, 2.75) is 19.3 Å². The molecule has 0 bridgehead atoms. The summed E-state index contributed by atoms with van der Waals surface area (Å²) in [6, 6.07) is 12.0. The van der Waals surface area contributed by atoms with E-state index in [-0.39, 0.29) is 5.75 Å². The molecular formula is C14H18N2O2S. The third-order valence-corrected chi connectivity index (χ3v) is 4.04. The molecule has 4 nitrogen and oxygen atoms in total. The molecule has 0 aliphatic carbocycles. The van der Waals surface area contributed by atoms with E-state index in [9.17, 15) is 8.42 Å². The van der Waals surface area contributed by atoms with Crippen molar-refractivity contribution in [3.05, 3.63) is 42.0 Å². The Morgan fingerprint density at radius 1 is 1.00 bits per heavy atom. The van der Waals surface area contributed by atoms with Gasteiger partial charge in [-0.25, -0.2) is 13.6 Å². The van der Waals surface area contributed by atoms with E-state index in [1.165, 1.54) is 0 Å². The first-order valence-corrected chi connectivity index (χ1v) is 7.95. The molecule has 0 unspecified atom stereocenters. The van der Waals surface area contributed by atoms with Gasteiger partial charge in [0.25, 0.3) is 0 Å². The highest BCUT2D eigenvalue weighted by molar-refractivity contribution is 7.89. The summed E-state index contributed by atoms with van der Waals surface area (Å²) in [5.41, 5.74) is 7.86. The van der Waals surface area contributed by atoms with Crippen LogP contribution in [0.2, 0.25) is 0 Å². The van der Waals surface area contributed by atoms with Gasteiger partial charge in [-0.2, -0.15) is 0 Å². The normalized spacial score (nSPS) is 11.8. The van der Waals surface area contributed by atoms with Crippen LogP contribution in [0.15, 0.2) is 36.4 Å². The van der Waals surface area contributed by atoms with Crippen LogP contribution in [0.4, 0.5) is 5.69 Å². The van der Waals surface area contributed by atoms with Crippen molar-refractivity contribution < 1.29 is 8.42 Å². The smallest absolute Gasteiger partial charge is 0.209 e. The molecule has 0 aromatic heterocycles. The lowest BCUT2D eigenvalue weighted by molar-refractivity contribution is 0.593. The molecule has 0 radical (unpaired) electrons. The van der Waals surface area contributed by atoms with Gasteiger partial charge in [-0.3, -0.25) is 0 Å². The monoisotopic (exact) mass is 278 g/mol. The summed E-state index contributed by atoms with van der Waals surface area (Å²) < 4.78 is 21.7. The Hall–Kier alpha value is -1.59. The van der Waals surface area contributed by atoms with Crippen LogP contribution in [0.3, 0.4) is 0 Å². The molecule has 0 aliphatic heterocycles. The van der Waals surface area contributed by atoms with E-state index in [0.29, 0.717) is 6.42 Å².